The Morgan fingerprint density at radius 2 is 1.83 bits per heavy atom. The zero-order valence-corrected chi connectivity index (χ0v) is 11.9. The molecule has 1 aliphatic rings. The minimum atomic E-state index is 0.150. The number of hydrogen-bond donors (Lipinski definition) is 1. The largest absolute Gasteiger partial charge is 0.323 e. The van der Waals surface area contributed by atoms with E-state index in [1.807, 2.05) is 0 Å². The highest BCUT2D eigenvalue weighted by Crippen LogP contribution is 2.21. The van der Waals surface area contributed by atoms with Gasteiger partial charge in [-0.15, -0.1) is 0 Å². The summed E-state index contributed by atoms with van der Waals surface area (Å²) in [5, 5.41) is 0. The standard InChI is InChI=1S/C16H26N2/c1-12(2)14-4-6-15(7-5-14)16(17)11-18-9-8-13(3)10-18/h4-7,12-13,16H,8-11,17H2,1-3H3. The molecule has 0 aliphatic carbocycles. The number of rotatable bonds is 4. The Balaban J connectivity index is 1.94. The molecule has 100 valence electrons. The maximum absolute atomic E-state index is 6.30. The number of hydrogen-bond acceptors (Lipinski definition) is 2. The van der Waals surface area contributed by atoms with Crippen LogP contribution in [-0.2, 0) is 0 Å². The lowest BCUT2D eigenvalue weighted by Crippen LogP contribution is -2.30. The Bertz CT molecular complexity index is 369. The zero-order valence-electron chi connectivity index (χ0n) is 11.9. The molecule has 1 heterocycles. The molecule has 0 bridgehead atoms. The first-order valence-electron chi connectivity index (χ1n) is 7.14. The summed E-state index contributed by atoms with van der Waals surface area (Å²) in [6.07, 6.45) is 1.32. The van der Waals surface area contributed by atoms with Gasteiger partial charge in [-0.05, 0) is 35.9 Å². The van der Waals surface area contributed by atoms with Crippen molar-refractivity contribution in [1.82, 2.24) is 4.90 Å². The van der Waals surface area contributed by atoms with E-state index in [1.165, 1.54) is 30.6 Å². The van der Waals surface area contributed by atoms with E-state index in [0.717, 1.165) is 12.5 Å². The Kier molecular flexibility index (Phi) is 4.41. The van der Waals surface area contributed by atoms with Gasteiger partial charge in [-0.25, -0.2) is 0 Å². The average Bonchev–Trinajstić information content (AvgIpc) is 2.75. The predicted octanol–water partition coefficient (Wildman–Crippen LogP) is 3.15. The van der Waals surface area contributed by atoms with Crippen LogP contribution in [0.1, 0.15) is 50.3 Å². The Morgan fingerprint density at radius 1 is 1.22 bits per heavy atom. The predicted molar refractivity (Wildman–Crippen MR) is 77.7 cm³/mol. The fourth-order valence-corrected chi connectivity index (χ4v) is 2.70. The average molecular weight is 246 g/mol. The molecule has 1 aliphatic heterocycles. The van der Waals surface area contributed by atoms with Crippen LogP contribution in [0.15, 0.2) is 24.3 Å². The molecule has 2 atom stereocenters. The topological polar surface area (TPSA) is 29.3 Å². The van der Waals surface area contributed by atoms with E-state index in [0.29, 0.717) is 5.92 Å². The molecule has 18 heavy (non-hydrogen) atoms. The van der Waals surface area contributed by atoms with Gasteiger partial charge >= 0.3 is 0 Å². The summed E-state index contributed by atoms with van der Waals surface area (Å²) in [6.45, 7) is 10.2. The smallest absolute Gasteiger partial charge is 0.0424 e. The maximum Gasteiger partial charge on any atom is 0.0424 e. The van der Waals surface area contributed by atoms with E-state index in [-0.39, 0.29) is 6.04 Å². The molecule has 1 aromatic rings. The van der Waals surface area contributed by atoms with Crippen molar-refractivity contribution in [3.8, 4) is 0 Å². The Morgan fingerprint density at radius 3 is 2.33 bits per heavy atom. The first-order chi connectivity index (χ1) is 8.56. The lowest BCUT2D eigenvalue weighted by molar-refractivity contribution is 0.306. The van der Waals surface area contributed by atoms with Crippen molar-refractivity contribution in [2.24, 2.45) is 11.7 Å². The van der Waals surface area contributed by atoms with Crippen LogP contribution < -0.4 is 5.73 Å². The molecule has 0 aromatic heterocycles. The van der Waals surface area contributed by atoms with E-state index in [1.54, 1.807) is 0 Å². The monoisotopic (exact) mass is 246 g/mol. The molecule has 0 amide bonds. The third kappa shape index (κ3) is 3.33. The number of likely N-dealkylation sites (tertiary alicyclic amines) is 1. The van der Waals surface area contributed by atoms with E-state index >= 15 is 0 Å². The van der Waals surface area contributed by atoms with Crippen molar-refractivity contribution in [1.29, 1.82) is 0 Å². The molecule has 0 spiro atoms. The van der Waals surface area contributed by atoms with E-state index in [2.05, 4.69) is 49.9 Å². The van der Waals surface area contributed by atoms with Crippen LogP contribution in [-0.4, -0.2) is 24.5 Å². The van der Waals surface area contributed by atoms with Gasteiger partial charge in [0, 0.05) is 19.1 Å². The second-order valence-corrected chi connectivity index (χ2v) is 6.08. The van der Waals surface area contributed by atoms with Crippen molar-refractivity contribution >= 4 is 0 Å². The minimum Gasteiger partial charge on any atom is -0.323 e. The molecular weight excluding hydrogens is 220 g/mol. The van der Waals surface area contributed by atoms with Crippen molar-refractivity contribution < 1.29 is 0 Å². The molecule has 0 radical (unpaired) electrons. The number of benzene rings is 1. The molecule has 2 nitrogen and oxygen atoms in total. The van der Waals surface area contributed by atoms with Crippen molar-refractivity contribution in [3.63, 3.8) is 0 Å². The van der Waals surface area contributed by atoms with Crippen LogP contribution in [0.3, 0.4) is 0 Å². The van der Waals surface area contributed by atoms with Crippen LogP contribution >= 0.6 is 0 Å². The summed E-state index contributed by atoms with van der Waals surface area (Å²) in [5.74, 6) is 1.43. The van der Waals surface area contributed by atoms with Gasteiger partial charge in [0.15, 0.2) is 0 Å². The first kappa shape index (κ1) is 13.6. The van der Waals surface area contributed by atoms with E-state index in [4.69, 9.17) is 5.73 Å². The molecule has 2 rings (SSSR count). The molecule has 1 saturated heterocycles. The van der Waals surface area contributed by atoms with Crippen LogP contribution in [0, 0.1) is 5.92 Å². The molecule has 0 saturated carbocycles. The normalized spacial score (nSPS) is 22.6. The summed E-state index contributed by atoms with van der Waals surface area (Å²) >= 11 is 0. The Hall–Kier alpha value is -0.860. The molecule has 1 aromatic carbocycles. The van der Waals surface area contributed by atoms with Gasteiger partial charge < -0.3 is 10.6 Å². The quantitative estimate of drug-likeness (QED) is 0.884. The highest BCUT2D eigenvalue weighted by Gasteiger charge is 2.20. The third-order valence-corrected chi connectivity index (χ3v) is 3.99. The van der Waals surface area contributed by atoms with Gasteiger partial charge in [0.1, 0.15) is 0 Å². The number of nitrogens with two attached hydrogens (primary N) is 1. The highest BCUT2D eigenvalue weighted by molar-refractivity contribution is 5.26. The summed E-state index contributed by atoms with van der Waals surface area (Å²) in [6, 6.07) is 8.97. The van der Waals surface area contributed by atoms with Crippen molar-refractivity contribution in [2.45, 2.75) is 39.2 Å². The summed E-state index contributed by atoms with van der Waals surface area (Å²) in [4.78, 5) is 2.49. The highest BCUT2D eigenvalue weighted by atomic mass is 15.2. The van der Waals surface area contributed by atoms with E-state index in [9.17, 15) is 0 Å². The van der Waals surface area contributed by atoms with Gasteiger partial charge in [-0.3, -0.25) is 0 Å². The molecule has 1 fully saturated rings. The zero-order chi connectivity index (χ0) is 13.1. The maximum atomic E-state index is 6.30. The van der Waals surface area contributed by atoms with E-state index < -0.39 is 0 Å². The van der Waals surface area contributed by atoms with Gasteiger partial charge in [-0.2, -0.15) is 0 Å². The van der Waals surface area contributed by atoms with Crippen LogP contribution in [0.25, 0.3) is 0 Å². The first-order valence-corrected chi connectivity index (χ1v) is 7.14. The van der Waals surface area contributed by atoms with Crippen molar-refractivity contribution in [3.05, 3.63) is 35.4 Å². The summed E-state index contributed by atoms with van der Waals surface area (Å²) in [7, 11) is 0. The fraction of sp³-hybridized carbons (Fsp3) is 0.625. The summed E-state index contributed by atoms with van der Waals surface area (Å²) < 4.78 is 0. The van der Waals surface area contributed by atoms with Crippen LogP contribution in [0.4, 0.5) is 0 Å². The lowest BCUT2D eigenvalue weighted by Gasteiger charge is -2.21. The molecule has 2 unspecified atom stereocenters. The minimum absolute atomic E-state index is 0.150. The third-order valence-electron chi connectivity index (χ3n) is 3.99. The van der Waals surface area contributed by atoms with Crippen LogP contribution in [0.2, 0.25) is 0 Å². The Labute approximate surface area is 111 Å². The van der Waals surface area contributed by atoms with Gasteiger partial charge in [0.2, 0.25) is 0 Å². The second kappa shape index (κ2) is 5.85. The van der Waals surface area contributed by atoms with Crippen molar-refractivity contribution in [2.75, 3.05) is 19.6 Å². The SMILES string of the molecule is CC1CCN(CC(N)c2ccc(C(C)C)cc2)C1. The van der Waals surface area contributed by atoms with Gasteiger partial charge in [-0.1, -0.05) is 45.0 Å². The number of nitrogens with zero attached hydrogens (tertiary/aromatic N) is 1. The molecular formula is C16H26N2. The lowest BCUT2D eigenvalue weighted by atomic mass is 9.99. The molecule has 2 heteroatoms. The van der Waals surface area contributed by atoms with Gasteiger partial charge in [0.25, 0.3) is 0 Å². The fourth-order valence-electron chi connectivity index (χ4n) is 2.70. The molecule has 2 N–H and O–H groups in total. The second-order valence-electron chi connectivity index (χ2n) is 6.08. The van der Waals surface area contributed by atoms with Crippen LogP contribution in [0.5, 0.6) is 0 Å². The summed E-state index contributed by atoms with van der Waals surface area (Å²) in [5.41, 5.74) is 8.96. The van der Waals surface area contributed by atoms with Gasteiger partial charge in [0.05, 0.1) is 0 Å².